The van der Waals surface area contributed by atoms with Crippen molar-refractivity contribution in [2.75, 3.05) is 77.6 Å². The zero-order valence-corrected chi connectivity index (χ0v) is 20.8. The van der Waals surface area contributed by atoms with Crippen LogP contribution in [0.3, 0.4) is 0 Å². The predicted molar refractivity (Wildman–Crippen MR) is 128 cm³/mol. The number of carbonyl (C=O) groups is 2. The van der Waals surface area contributed by atoms with Crippen LogP contribution in [-0.4, -0.2) is 103 Å². The maximum atomic E-state index is 13.1. The molecule has 0 aromatic heterocycles. The van der Waals surface area contributed by atoms with E-state index in [1.54, 1.807) is 0 Å². The number of hydrogen-bond donors (Lipinski definition) is 1. The highest BCUT2D eigenvalue weighted by atomic mass is 32.2. The van der Waals surface area contributed by atoms with Crippen molar-refractivity contribution < 1.29 is 46.8 Å². The molecule has 1 N–H and O–H groups in total. The summed E-state index contributed by atoms with van der Waals surface area (Å²) in [5.41, 5.74) is 0.355. The Labute approximate surface area is 206 Å². The minimum atomic E-state index is -3.55. The molecule has 1 aromatic carbocycles. The van der Waals surface area contributed by atoms with Crippen molar-refractivity contribution in [2.24, 2.45) is 5.92 Å². The third-order valence-corrected chi connectivity index (χ3v) is 7.06. The number of sulfone groups is 1. The minimum absolute atomic E-state index is 0.0155. The van der Waals surface area contributed by atoms with E-state index in [0.717, 1.165) is 0 Å². The quantitative estimate of drug-likeness (QED) is 0.593. The van der Waals surface area contributed by atoms with E-state index in [0.29, 0.717) is 77.7 Å². The summed E-state index contributed by atoms with van der Waals surface area (Å²) in [7, 11) is -3.55. The Balaban J connectivity index is 1.98. The van der Waals surface area contributed by atoms with E-state index in [9.17, 15) is 18.0 Å². The second kappa shape index (κ2) is 16.7. The third kappa shape index (κ3) is 12.6. The highest BCUT2D eigenvalue weighted by molar-refractivity contribution is 7.91. The molecule has 10 nitrogen and oxygen atoms in total. The number of rotatable bonds is 3. The molecule has 0 aliphatic carbocycles. The van der Waals surface area contributed by atoms with Gasteiger partial charge in [-0.3, -0.25) is 4.79 Å². The van der Waals surface area contributed by atoms with Gasteiger partial charge in [0.05, 0.1) is 76.5 Å². The zero-order valence-electron chi connectivity index (χ0n) is 20.0. The van der Waals surface area contributed by atoms with Crippen molar-refractivity contribution in [1.29, 1.82) is 0 Å². The van der Waals surface area contributed by atoms with Gasteiger partial charge in [-0.15, -0.1) is 0 Å². The zero-order chi connectivity index (χ0) is 25.4. The molecule has 0 bridgehead atoms. The fourth-order valence-electron chi connectivity index (χ4n) is 3.46. The average Bonchev–Trinajstić information content (AvgIpc) is 2.83. The van der Waals surface area contributed by atoms with Crippen LogP contribution in [0.4, 0.5) is 0 Å². The summed E-state index contributed by atoms with van der Waals surface area (Å²) in [6, 6.07) is 5.55. The maximum absolute atomic E-state index is 13.1. The normalized spacial score (nSPS) is 22.8. The fraction of sp³-hybridized carbons (Fsp3) is 0.667. The molecular formula is C24H36O10S. The van der Waals surface area contributed by atoms with Crippen molar-refractivity contribution in [3.63, 3.8) is 0 Å². The fourth-order valence-corrected chi connectivity index (χ4v) is 4.92. The molecule has 2 rings (SSSR count). The molecule has 1 fully saturated rings. The number of hydrogen-bond acceptors (Lipinski definition) is 9. The van der Waals surface area contributed by atoms with Crippen LogP contribution in [0.2, 0.25) is 0 Å². The average molecular weight is 517 g/mol. The van der Waals surface area contributed by atoms with Crippen LogP contribution in [-0.2, 0) is 33.5 Å². The number of carboxylic acids is 1. The van der Waals surface area contributed by atoms with Crippen LogP contribution >= 0.6 is 0 Å². The Kier molecular flexibility index (Phi) is 14.0. The molecule has 1 aliphatic heterocycles. The SMILES string of the molecule is O=C(O)c1ccc(C(=O)C2CCCCOCCOCCOCCOCCOCCS(=O)(=O)C2)cc1. The third-order valence-electron chi connectivity index (χ3n) is 5.36. The molecule has 1 atom stereocenters. The lowest BCUT2D eigenvalue weighted by molar-refractivity contribution is -0.0104. The highest BCUT2D eigenvalue weighted by Crippen LogP contribution is 2.19. The topological polar surface area (TPSA) is 135 Å². The number of aromatic carboxylic acids is 1. The molecule has 0 amide bonds. The molecule has 1 unspecified atom stereocenters. The number of ketones is 1. The molecule has 1 aromatic rings. The van der Waals surface area contributed by atoms with E-state index in [2.05, 4.69) is 0 Å². The summed E-state index contributed by atoms with van der Waals surface area (Å²) in [6.07, 6.45) is 1.67. The standard InChI is InChI=1S/C24H36O10S/c25-23(20-4-6-21(7-5-20)24(26)27)22-3-1-2-8-30-9-10-31-11-12-32-13-14-33-15-16-34-17-18-35(28,29)19-22/h4-7,22H,1-3,8-19H2,(H,26,27). The Morgan fingerprint density at radius 2 is 1.14 bits per heavy atom. The van der Waals surface area contributed by atoms with Gasteiger partial charge in [0.25, 0.3) is 0 Å². The number of carboxylic acid groups (broad SMARTS) is 1. The van der Waals surface area contributed by atoms with Gasteiger partial charge in [-0.05, 0) is 25.0 Å². The van der Waals surface area contributed by atoms with E-state index in [4.69, 9.17) is 28.8 Å². The van der Waals surface area contributed by atoms with Gasteiger partial charge in [-0.2, -0.15) is 0 Å². The van der Waals surface area contributed by atoms with E-state index in [-0.39, 0.29) is 36.1 Å². The number of Topliss-reactive ketones (excluding diaryl/α,β-unsaturated/α-hetero) is 1. The highest BCUT2D eigenvalue weighted by Gasteiger charge is 2.26. The van der Waals surface area contributed by atoms with E-state index < -0.39 is 21.7 Å². The number of carbonyl (C=O) groups excluding carboxylic acids is 1. The first-order valence-corrected chi connectivity index (χ1v) is 13.7. The Morgan fingerprint density at radius 3 is 1.66 bits per heavy atom. The maximum Gasteiger partial charge on any atom is 0.335 e. The van der Waals surface area contributed by atoms with Crippen LogP contribution < -0.4 is 0 Å². The minimum Gasteiger partial charge on any atom is -0.478 e. The molecule has 35 heavy (non-hydrogen) atoms. The van der Waals surface area contributed by atoms with Crippen molar-refractivity contribution in [3.05, 3.63) is 35.4 Å². The lowest BCUT2D eigenvalue weighted by atomic mass is 9.93. The van der Waals surface area contributed by atoms with Crippen LogP contribution in [0.25, 0.3) is 0 Å². The van der Waals surface area contributed by atoms with Crippen molar-refractivity contribution >= 4 is 21.6 Å². The molecule has 198 valence electrons. The Morgan fingerprint density at radius 1 is 0.686 bits per heavy atom. The van der Waals surface area contributed by atoms with Crippen LogP contribution in [0, 0.1) is 5.92 Å². The van der Waals surface area contributed by atoms with Crippen molar-refractivity contribution in [2.45, 2.75) is 19.3 Å². The number of ether oxygens (including phenoxy) is 5. The summed E-state index contributed by atoms with van der Waals surface area (Å²) >= 11 is 0. The largest absolute Gasteiger partial charge is 0.478 e. The van der Waals surface area contributed by atoms with Gasteiger partial charge in [0, 0.05) is 18.1 Å². The molecule has 1 heterocycles. The van der Waals surface area contributed by atoms with Gasteiger partial charge in [0.15, 0.2) is 15.6 Å². The molecule has 0 spiro atoms. The molecule has 0 radical (unpaired) electrons. The van der Waals surface area contributed by atoms with Crippen LogP contribution in [0.5, 0.6) is 0 Å². The molecule has 1 saturated heterocycles. The lowest BCUT2D eigenvalue weighted by Crippen LogP contribution is -2.27. The molecule has 1 aliphatic rings. The molecule has 11 heteroatoms. The Hall–Kier alpha value is -1.89. The molecular weight excluding hydrogens is 480 g/mol. The summed E-state index contributed by atoms with van der Waals surface area (Å²) in [6.45, 7) is 3.74. The van der Waals surface area contributed by atoms with E-state index in [1.165, 1.54) is 24.3 Å². The van der Waals surface area contributed by atoms with Gasteiger partial charge in [-0.1, -0.05) is 18.6 Å². The predicted octanol–water partition coefficient (Wildman–Crippen LogP) is 1.87. The molecule has 0 saturated carbocycles. The van der Waals surface area contributed by atoms with Gasteiger partial charge >= 0.3 is 5.97 Å². The summed E-state index contributed by atoms with van der Waals surface area (Å²) < 4.78 is 52.5. The van der Waals surface area contributed by atoms with Crippen LogP contribution in [0.15, 0.2) is 24.3 Å². The summed E-state index contributed by atoms with van der Waals surface area (Å²) in [5, 5.41) is 9.07. The van der Waals surface area contributed by atoms with Gasteiger partial charge < -0.3 is 28.8 Å². The first kappa shape index (κ1) is 29.3. The monoisotopic (exact) mass is 516 g/mol. The summed E-state index contributed by atoms with van der Waals surface area (Å²) in [4.78, 5) is 24.2. The smallest absolute Gasteiger partial charge is 0.335 e. The Bertz CT molecular complexity index is 854. The second-order valence-electron chi connectivity index (χ2n) is 8.12. The first-order chi connectivity index (χ1) is 16.9. The van der Waals surface area contributed by atoms with Gasteiger partial charge in [-0.25, -0.2) is 13.2 Å². The van der Waals surface area contributed by atoms with Crippen molar-refractivity contribution in [1.82, 2.24) is 0 Å². The van der Waals surface area contributed by atoms with Crippen LogP contribution in [0.1, 0.15) is 40.0 Å². The van der Waals surface area contributed by atoms with Gasteiger partial charge in [0.1, 0.15) is 0 Å². The number of benzene rings is 1. The van der Waals surface area contributed by atoms with E-state index >= 15 is 0 Å². The van der Waals surface area contributed by atoms with E-state index in [1.807, 2.05) is 0 Å². The lowest BCUT2D eigenvalue weighted by Gasteiger charge is -2.17. The first-order valence-electron chi connectivity index (χ1n) is 11.9. The van der Waals surface area contributed by atoms with Gasteiger partial charge in [0.2, 0.25) is 0 Å². The summed E-state index contributed by atoms with van der Waals surface area (Å²) in [5.74, 6) is -2.63. The second-order valence-corrected chi connectivity index (χ2v) is 10.3. The van der Waals surface area contributed by atoms with Crippen molar-refractivity contribution in [3.8, 4) is 0 Å².